The van der Waals surface area contributed by atoms with E-state index in [-0.39, 0.29) is 31.0 Å². The third-order valence-corrected chi connectivity index (χ3v) is 7.10. The first-order valence-corrected chi connectivity index (χ1v) is 11.6. The molecule has 2 aliphatic carbocycles. The maximum atomic E-state index is 13.5. The Labute approximate surface area is 189 Å². The first-order chi connectivity index (χ1) is 15.2. The Kier molecular flexibility index (Phi) is 9.53. The van der Waals surface area contributed by atoms with Crippen molar-refractivity contribution in [2.45, 2.75) is 83.7 Å². The van der Waals surface area contributed by atoms with Crippen LogP contribution in [0.5, 0.6) is 0 Å². The average Bonchev–Trinajstić information content (AvgIpc) is 2.76. The first kappa shape index (κ1) is 25.7. The van der Waals surface area contributed by atoms with Crippen molar-refractivity contribution < 1.29 is 29.4 Å². The molecule has 9 nitrogen and oxygen atoms in total. The Hall–Kier alpha value is -2.58. The molecule has 0 aromatic heterocycles. The molecule has 0 spiro atoms. The molecule has 3 amide bonds. The number of carboxylic acid groups (broad SMARTS) is 1. The molecule has 180 valence electrons. The van der Waals surface area contributed by atoms with E-state index in [2.05, 4.69) is 19.2 Å². The molecule has 2 aliphatic rings. The van der Waals surface area contributed by atoms with Crippen LogP contribution in [0.15, 0.2) is 11.5 Å². The summed E-state index contributed by atoms with van der Waals surface area (Å²) in [4.78, 5) is 51.7. The lowest BCUT2D eigenvalue weighted by molar-refractivity contribution is -0.137. The Morgan fingerprint density at radius 2 is 1.66 bits per heavy atom. The van der Waals surface area contributed by atoms with Gasteiger partial charge in [-0.15, -0.1) is 0 Å². The van der Waals surface area contributed by atoms with Crippen molar-refractivity contribution in [1.29, 1.82) is 0 Å². The maximum Gasteiger partial charge on any atom is 0.305 e. The van der Waals surface area contributed by atoms with Gasteiger partial charge >= 0.3 is 5.97 Å². The second kappa shape index (κ2) is 11.9. The lowest BCUT2D eigenvalue weighted by Gasteiger charge is -2.40. The highest BCUT2D eigenvalue weighted by molar-refractivity contribution is 6.18. The molecule has 3 N–H and O–H groups in total. The van der Waals surface area contributed by atoms with Crippen LogP contribution in [0.2, 0.25) is 0 Å². The molecular weight excluding hydrogens is 414 g/mol. The smallest absolute Gasteiger partial charge is 0.305 e. The number of aliphatic hydroxyl groups excluding tert-OH is 1. The quantitative estimate of drug-likeness (QED) is 0.162. The van der Waals surface area contributed by atoms with E-state index in [9.17, 15) is 24.3 Å². The Morgan fingerprint density at radius 3 is 2.25 bits per heavy atom. The third-order valence-electron chi connectivity index (χ3n) is 7.10. The van der Waals surface area contributed by atoms with Crippen molar-refractivity contribution >= 4 is 24.2 Å². The van der Waals surface area contributed by atoms with E-state index in [1.807, 2.05) is 0 Å². The molecule has 3 unspecified atom stereocenters. The molecule has 0 radical (unpaired) electrons. The monoisotopic (exact) mass is 451 g/mol. The predicted molar refractivity (Wildman–Crippen MR) is 118 cm³/mol. The standard InChI is InChI=1S/C23H37N3O6/c1-15-8-7-11-18(16(15)2)25(3)22(31)20(21(30)24-13-12-19(28)29)23(32)26(14-27)17-9-5-4-6-10-17/h14-18,32H,4-13H2,1-3H3,(H,24,30)(H,28,29)/b23-20+. The van der Waals surface area contributed by atoms with E-state index in [1.54, 1.807) is 7.05 Å². The summed E-state index contributed by atoms with van der Waals surface area (Å²) in [6.07, 6.45) is 7.17. The number of hydrogen-bond donors (Lipinski definition) is 3. The number of hydrogen-bond acceptors (Lipinski definition) is 5. The van der Waals surface area contributed by atoms with Gasteiger partial charge in [-0.05, 0) is 31.1 Å². The van der Waals surface area contributed by atoms with Crippen molar-refractivity contribution in [3.8, 4) is 0 Å². The molecule has 0 aromatic carbocycles. The number of amides is 3. The van der Waals surface area contributed by atoms with E-state index < -0.39 is 29.2 Å². The van der Waals surface area contributed by atoms with Crippen LogP contribution >= 0.6 is 0 Å². The average molecular weight is 452 g/mol. The molecule has 3 atom stereocenters. The number of carbonyl (C=O) groups is 4. The zero-order valence-electron chi connectivity index (χ0n) is 19.4. The third kappa shape index (κ3) is 6.23. The van der Waals surface area contributed by atoms with Crippen LogP contribution < -0.4 is 5.32 Å². The van der Waals surface area contributed by atoms with Gasteiger partial charge in [0.05, 0.1) is 6.42 Å². The predicted octanol–water partition coefficient (Wildman–Crippen LogP) is 2.42. The van der Waals surface area contributed by atoms with Crippen LogP contribution in [0.3, 0.4) is 0 Å². The fourth-order valence-electron chi connectivity index (χ4n) is 4.89. The number of aliphatic carboxylic acids is 1. The highest BCUT2D eigenvalue weighted by Crippen LogP contribution is 2.33. The van der Waals surface area contributed by atoms with Gasteiger partial charge < -0.3 is 20.4 Å². The Morgan fingerprint density at radius 1 is 1.00 bits per heavy atom. The second-order valence-electron chi connectivity index (χ2n) is 9.15. The second-order valence-corrected chi connectivity index (χ2v) is 9.15. The molecule has 2 rings (SSSR count). The largest absolute Gasteiger partial charge is 0.494 e. The van der Waals surface area contributed by atoms with Crippen molar-refractivity contribution in [3.63, 3.8) is 0 Å². The van der Waals surface area contributed by atoms with Gasteiger partial charge in [0.2, 0.25) is 12.3 Å². The molecule has 2 saturated carbocycles. The Bertz CT molecular complexity index is 731. The number of nitrogens with one attached hydrogen (secondary N) is 1. The van der Waals surface area contributed by atoms with Gasteiger partial charge in [-0.25, -0.2) is 0 Å². The molecule has 9 heteroatoms. The molecular formula is C23H37N3O6. The van der Waals surface area contributed by atoms with E-state index in [0.29, 0.717) is 25.2 Å². The fourth-order valence-corrected chi connectivity index (χ4v) is 4.89. The zero-order chi connectivity index (χ0) is 23.8. The number of nitrogens with zero attached hydrogens (tertiary/aromatic N) is 2. The van der Waals surface area contributed by atoms with Crippen molar-refractivity contribution in [2.24, 2.45) is 11.8 Å². The molecule has 0 heterocycles. The van der Waals surface area contributed by atoms with E-state index >= 15 is 0 Å². The SMILES string of the molecule is CC1CCCC(N(C)C(=O)/C(C(=O)NCCC(=O)O)=C(/O)N(C=O)C2CCCCC2)C1C. The zero-order valence-corrected chi connectivity index (χ0v) is 19.4. The maximum absolute atomic E-state index is 13.5. The number of carbonyl (C=O) groups excluding carboxylic acids is 3. The van der Waals surface area contributed by atoms with Crippen LogP contribution in [0.25, 0.3) is 0 Å². The Balaban J connectivity index is 2.36. The topological polar surface area (TPSA) is 127 Å². The highest BCUT2D eigenvalue weighted by atomic mass is 16.4. The number of carboxylic acids is 1. The lowest BCUT2D eigenvalue weighted by Crippen LogP contribution is -2.48. The molecule has 0 saturated heterocycles. The van der Waals surface area contributed by atoms with Crippen LogP contribution in [-0.2, 0) is 19.2 Å². The van der Waals surface area contributed by atoms with Gasteiger partial charge in [-0.1, -0.05) is 46.0 Å². The summed E-state index contributed by atoms with van der Waals surface area (Å²) in [5.74, 6) is -2.65. The molecule has 0 aliphatic heterocycles. The summed E-state index contributed by atoms with van der Waals surface area (Å²) < 4.78 is 0. The van der Waals surface area contributed by atoms with Gasteiger partial charge in [0.15, 0.2) is 5.57 Å². The minimum Gasteiger partial charge on any atom is -0.494 e. The van der Waals surface area contributed by atoms with Crippen molar-refractivity contribution in [1.82, 2.24) is 15.1 Å². The number of likely N-dealkylation sites (N-methyl/N-ethyl adjacent to an activating group) is 1. The minimum absolute atomic E-state index is 0.0970. The van der Waals surface area contributed by atoms with E-state index in [0.717, 1.165) is 43.4 Å². The minimum atomic E-state index is -1.09. The summed E-state index contributed by atoms with van der Waals surface area (Å²) >= 11 is 0. The van der Waals surface area contributed by atoms with Gasteiger partial charge in [0, 0.05) is 25.7 Å². The van der Waals surface area contributed by atoms with Gasteiger partial charge in [-0.2, -0.15) is 0 Å². The van der Waals surface area contributed by atoms with Crippen molar-refractivity contribution in [2.75, 3.05) is 13.6 Å². The number of aliphatic hydroxyl groups is 1. The molecule has 0 bridgehead atoms. The molecule has 2 fully saturated rings. The van der Waals surface area contributed by atoms with Gasteiger partial charge in [0.1, 0.15) is 0 Å². The number of rotatable bonds is 9. The van der Waals surface area contributed by atoms with Crippen molar-refractivity contribution in [3.05, 3.63) is 11.5 Å². The lowest BCUT2D eigenvalue weighted by atomic mass is 9.77. The molecule has 32 heavy (non-hydrogen) atoms. The van der Waals surface area contributed by atoms with Crippen LogP contribution in [0, 0.1) is 11.8 Å². The summed E-state index contributed by atoms with van der Waals surface area (Å²) in [6.45, 7) is 4.02. The highest BCUT2D eigenvalue weighted by Gasteiger charge is 2.37. The summed E-state index contributed by atoms with van der Waals surface area (Å²) in [7, 11) is 1.62. The van der Waals surface area contributed by atoms with Gasteiger partial charge in [0.25, 0.3) is 11.8 Å². The van der Waals surface area contributed by atoms with Crippen LogP contribution in [0.4, 0.5) is 0 Å². The summed E-state index contributed by atoms with van der Waals surface area (Å²) in [6, 6.07) is -0.380. The van der Waals surface area contributed by atoms with E-state index in [1.165, 1.54) is 4.90 Å². The van der Waals surface area contributed by atoms with Crippen LogP contribution in [-0.4, -0.2) is 69.9 Å². The normalized spacial score (nSPS) is 24.8. The van der Waals surface area contributed by atoms with Crippen LogP contribution in [0.1, 0.15) is 71.6 Å². The summed E-state index contributed by atoms with van der Waals surface area (Å²) in [5, 5.41) is 22.2. The fraction of sp³-hybridized carbons (Fsp3) is 0.739. The van der Waals surface area contributed by atoms with Gasteiger partial charge in [-0.3, -0.25) is 24.1 Å². The summed E-state index contributed by atoms with van der Waals surface area (Å²) in [5.41, 5.74) is -0.513. The molecule has 0 aromatic rings. The van der Waals surface area contributed by atoms with E-state index in [4.69, 9.17) is 5.11 Å². The first-order valence-electron chi connectivity index (χ1n) is 11.6.